The maximum atomic E-state index is 12.0. The van der Waals surface area contributed by atoms with Crippen LogP contribution in [0.15, 0.2) is 35.7 Å². The molecular formula is C14H20N2O3S. The molecule has 5 nitrogen and oxygen atoms in total. The molecule has 0 unspecified atom stereocenters. The van der Waals surface area contributed by atoms with Gasteiger partial charge in [0.2, 0.25) is 15.9 Å². The van der Waals surface area contributed by atoms with Crippen LogP contribution >= 0.6 is 0 Å². The van der Waals surface area contributed by atoms with Crippen molar-refractivity contribution in [3.05, 3.63) is 41.3 Å². The molecule has 0 atom stereocenters. The van der Waals surface area contributed by atoms with Crippen LogP contribution in [0.3, 0.4) is 0 Å². The number of nitrogens with one attached hydrogen (secondary N) is 1. The highest BCUT2D eigenvalue weighted by molar-refractivity contribution is 7.92. The van der Waals surface area contributed by atoms with E-state index in [0.29, 0.717) is 0 Å². The van der Waals surface area contributed by atoms with Gasteiger partial charge in [0, 0.05) is 18.5 Å². The van der Waals surface area contributed by atoms with E-state index < -0.39 is 10.0 Å². The summed E-state index contributed by atoms with van der Waals surface area (Å²) in [6.07, 6.45) is 1.51. The summed E-state index contributed by atoms with van der Waals surface area (Å²) in [6.45, 7) is 3.45. The Morgan fingerprint density at radius 1 is 1.30 bits per heavy atom. The van der Waals surface area contributed by atoms with Crippen molar-refractivity contribution in [2.45, 2.75) is 19.9 Å². The minimum atomic E-state index is -3.60. The summed E-state index contributed by atoms with van der Waals surface area (Å²) in [5.74, 6) is -0.320. The van der Waals surface area contributed by atoms with E-state index >= 15 is 0 Å². The molecule has 0 saturated heterocycles. The fourth-order valence-corrected chi connectivity index (χ4v) is 2.33. The molecule has 20 heavy (non-hydrogen) atoms. The third-order valence-electron chi connectivity index (χ3n) is 2.48. The molecule has 0 heterocycles. The molecule has 0 spiro atoms. The molecule has 1 aromatic rings. The van der Waals surface area contributed by atoms with Crippen LogP contribution in [0.1, 0.15) is 19.4 Å². The van der Waals surface area contributed by atoms with Crippen LogP contribution in [0.25, 0.3) is 6.08 Å². The van der Waals surface area contributed by atoms with E-state index in [1.807, 2.05) is 32.0 Å². The van der Waals surface area contributed by atoms with E-state index in [1.165, 1.54) is 13.1 Å². The predicted octanol–water partition coefficient (Wildman–Crippen LogP) is 1.44. The average Bonchev–Trinajstić information content (AvgIpc) is 2.36. The number of carbonyl (C=O) groups is 1. The van der Waals surface area contributed by atoms with E-state index in [9.17, 15) is 13.2 Å². The molecule has 6 heteroatoms. The Morgan fingerprint density at radius 2 is 1.90 bits per heavy atom. The number of hydrogen-bond donors (Lipinski definition) is 1. The van der Waals surface area contributed by atoms with Gasteiger partial charge in [-0.25, -0.2) is 8.42 Å². The SMILES string of the molecule is CC(C)NC(=O)CN(C)S(=O)(=O)/C=C/c1ccccc1. The Hall–Kier alpha value is -1.66. The highest BCUT2D eigenvalue weighted by Crippen LogP contribution is 2.06. The van der Waals surface area contributed by atoms with Crippen LogP contribution in [-0.2, 0) is 14.8 Å². The number of nitrogens with zero attached hydrogens (tertiary/aromatic N) is 1. The summed E-state index contributed by atoms with van der Waals surface area (Å²) in [5.41, 5.74) is 0.788. The Balaban J connectivity index is 2.69. The first-order chi connectivity index (χ1) is 9.31. The Bertz CT molecular complexity index is 565. The van der Waals surface area contributed by atoms with Gasteiger partial charge < -0.3 is 5.32 Å². The van der Waals surface area contributed by atoms with Crippen molar-refractivity contribution in [3.8, 4) is 0 Å². The lowest BCUT2D eigenvalue weighted by atomic mass is 10.2. The van der Waals surface area contributed by atoms with Gasteiger partial charge in [0.25, 0.3) is 0 Å². The van der Waals surface area contributed by atoms with Crippen molar-refractivity contribution in [2.24, 2.45) is 0 Å². The lowest BCUT2D eigenvalue weighted by Gasteiger charge is -2.15. The summed E-state index contributed by atoms with van der Waals surface area (Å²) >= 11 is 0. The molecular weight excluding hydrogens is 276 g/mol. The molecule has 0 aliphatic heterocycles. The van der Waals surface area contributed by atoms with Crippen molar-refractivity contribution >= 4 is 22.0 Å². The number of amides is 1. The van der Waals surface area contributed by atoms with E-state index in [-0.39, 0.29) is 18.5 Å². The molecule has 0 saturated carbocycles. The van der Waals surface area contributed by atoms with Crippen molar-refractivity contribution < 1.29 is 13.2 Å². The number of rotatable bonds is 6. The second-order valence-electron chi connectivity index (χ2n) is 4.74. The molecule has 0 fully saturated rings. The number of likely N-dealkylation sites (N-methyl/N-ethyl adjacent to an activating group) is 1. The second-order valence-corrected chi connectivity index (χ2v) is 6.66. The minimum absolute atomic E-state index is 0.0153. The standard InChI is InChI=1S/C14H20N2O3S/c1-12(2)15-14(17)11-16(3)20(18,19)10-9-13-7-5-4-6-8-13/h4-10,12H,11H2,1-3H3,(H,15,17)/b10-9+. The van der Waals surface area contributed by atoms with Crippen molar-refractivity contribution in [3.63, 3.8) is 0 Å². The zero-order valence-corrected chi connectivity index (χ0v) is 12.7. The van der Waals surface area contributed by atoms with Crippen molar-refractivity contribution in [2.75, 3.05) is 13.6 Å². The summed E-state index contributed by atoms with van der Waals surface area (Å²) in [6, 6.07) is 9.10. The topological polar surface area (TPSA) is 66.5 Å². The van der Waals surface area contributed by atoms with Gasteiger partial charge in [0.15, 0.2) is 0 Å². The maximum Gasteiger partial charge on any atom is 0.236 e. The van der Waals surface area contributed by atoms with Gasteiger partial charge in [0.05, 0.1) is 6.54 Å². The molecule has 0 bridgehead atoms. The van der Waals surface area contributed by atoms with Crippen LogP contribution in [-0.4, -0.2) is 38.3 Å². The summed E-state index contributed by atoms with van der Waals surface area (Å²) in [4.78, 5) is 11.5. The monoisotopic (exact) mass is 296 g/mol. The maximum absolute atomic E-state index is 12.0. The number of carbonyl (C=O) groups excluding carboxylic acids is 1. The number of hydrogen-bond acceptors (Lipinski definition) is 3. The van der Waals surface area contributed by atoms with Crippen LogP contribution in [0.2, 0.25) is 0 Å². The third kappa shape index (κ3) is 5.54. The normalized spacial score (nSPS) is 12.2. The summed E-state index contributed by atoms with van der Waals surface area (Å²) in [7, 11) is -2.22. The Morgan fingerprint density at radius 3 is 2.45 bits per heavy atom. The van der Waals surface area contributed by atoms with Crippen LogP contribution in [0.5, 0.6) is 0 Å². The first-order valence-corrected chi connectivity index (χ1v) is 7.80. The minimum Gasteiger partial charge on any atom is -0.353 e. The van der Waals surface area contributed by atoms with Gasteiger partial charge in [-0.1, -0.05) is 30.3 Å². The average molecular weight is 296 g/mol. The van der Waals surface area contributed by atoms with E-state index in [0.717, 1.165) is 15.3 Å². The van der Waals surface area contributed by atoms with Gasteiger partial charge in [-0.15, -0.1) is 0 Å². The van der Waals surface area contributed by atoms with Crippen LogP contribution in [0, 0.1) is 0 Å². The van der Waals surface area contributed by atoms with Crippen LogP contribution < -0.4 is 5.32 Å². The first kappa shape index (κ1) is 16.4. The highest BCUT2D eigenvalue weighted by Gasteiger charge is 2.17. The van der Waals surface area contributed by atoms with E-state index in [1.54, 1.807) is 12.1 Å². The molecule has 0 aliphatic rings. The molecule has 1 amide bonds. The predicted molar refractivity (Wildman–Crippen MR) is 80.3 cm³/mol. The molecule has 110 valence electrons. The van der Waals surface area contributed by atoms with Crippen LogP contribution in [0.4, 0.5) is 0 Å². The van der Waals surface area contributed by atoms with Gasteiger partial charge in [-0.3, -0.25) is 4.79 Å². The molecule has 0 radical (unpaired) electrons. The van der Waals surface area contributed by atoms with E-state index in [2.05, 4.69) is 5.32 Å². The number of benzene rings is 1. The van der Waals surface area contributed by atoms with Gasteiger partial charge >= 0.3 is 0 Å². The largest absolute Gasteiger partial charge is 0.353 e. The van der Waals surface area contributed by atoms with Crippen molar-refractivity contribution in [1.29, 1.82) is 0 Å². The molecule has 0 aromatic heterocycles. The fraction of sp³-hybridized carbons (Fsp3) is 0.357. The quantitative estimate of drug-likeness (QED) is 0.864. The lowest BCUT2D eigenvalue weighted by molar-refractivity contribution is -0.121. The Kier molecular flexibility index (Phi) is 5.91. The highest BCUT2D eigenvalue weighted by atomic mass is 32.2. The smallest absolute Gasteiger partial charge is 0.236 e. The lowest BCUT2D eigenvalue weighted by Crippen LogP contribution is -2.40. The zero-order valence-electron chi connectivity index (χ0n) is 11.9. The molecule has 1 rings (SSSR count). The summed E-state index contributed by atoms with van der Waals surface area (Å²) < 4.78 is 25.0. The zero-order chi connectivity index (χ0) is 15.2. The van der Waals surface area contributed by atoms with E-state index in [4.69, 9.17) is 0 Å². The van der Waals surface area contributed by atoms with Crippen molar-refractivity contribution in [1.82, 2.24) is 9.62 Å². The summed E-state index contributed by atoms with van der Waals surface area (Å²) in [5, 5.41) is 3.75. The molecule has 1 N–H and O–H groups in total. The van der Waals surface area contributed by atoms with Gasteiger partial charge in [-0.05, 0) is 25.5 Å². The van der Waals surface area contributed by atoms with Gasteiger partial charge in [0.1, 0.15) is 0 Å². The third-order valence-corrected chi connectivity index (χ3v) is 3.96. The number of sulfonamides is 1. The van der Waals surface area contributed by atoms with Gasteiger partial charge in [-0.2, -0.15) is 4.31 Å². The second kappa shape index (κ2) is 7.21. The Labute approximate surface area is 120 Å². The molecule has 1 aromatic carbocycles. The fourth-order valence-electron chi connectivity index (χ4n) is 1.49. The molecule has 0 aliphatic carbocycles. The first-order valence-electron chi connectivity index (χ1n) is 6.30.